The Labute approximate surface area is 162 Å². The molecule has 0 saturated carbocycles. The molecule has 1 N–H and O–H groups in total. The van der Waals surface area contributed by atoms with Crippen molar-refractivity contribution in [2.45, 2.75) is 13.5 Å². The van der Waals surface area contributed by atoms with Gasteiger partial charge in [-0.15, -0.1) is 11.3 Å². The van der Waals surface area contributed by atoms with Gasteiger partial charge in [0.2, 0.25) is 5.91 Å². The van der Waals surface area contributed by atoms with Crippen LogP contribution in [0.5, 0.6) is 11.5 Å². The van der Waals surface area contributed by atoms with E-state index < -0.39 is 0 Å². The van der Waals surface area contributed by atoms with E-state index >= 15 is 0 Å². The summed E-state index contributed by atoms with van der Waals surface area (Å²) in [5.74, 6) is 1.25. The molecule has 138 valence electrons. The zero-order valence-electron chi connectivity index (χ0n) is 15.1. The van der Waals surface area contributed by atoms with Gasteiger partial charge in [-0.1, -0.05) is 18.2 Å². The van der Waals surface area contributed by atoms with E-state index in [0.717, 1.165) is 22.0 Å². The summed E-state index contributed by atoms with van der Waals surface area (Å²) in [4.78, 5) is 16.4. The number of ether oxygens (including phenoxy) is 2. The first kappa shape index (κ1) is 18.7. The van der Waals surface area contributed by atoms with Crippen molar-refractivity contribution < 1.29 is 14.3 Å². The van der Waals surface area contributed by atoms with E-state index in [1.165, 1.54) is 6.08 Å². The van der Waals surface area contributed by atoms with E-state index in [1.807, 2.05) is 54.8 Å². The van der Waals surface area contributed by atoms with Gasteiger partial charge in [-0.2, -0.15) is 0 Å². The lowest BCUT2D eigenvalue weighted by Gasteiger charge is -2.05. The number of anilines is 1. The van der Waals surface area contributed by atoms with Gasteiger partial charge in [0, 0.05) is 23.2 Å². The molecule has 1 aromatic heterocycles. The third-order valence-electron chi connectivity index (χ3n) is 3.70. The van der Waals surface area contributed by atoms with Crippen LogP contribution in [0.2, 0.25) is 0 Å². The topological polar surface area (TPSA) is 60.5 Å². The van der Waals surface area contributed by atoms with Crippen molar-refractivity contribution in [3.05, 3.63) is 76.3 Å². The molecule has 2 aromatic carbocycles. The maximum absolute atomic E-state index is 12.0. The molecule has 0 spiro atoms. The number of carbonyl (C=O) groups is 1. The molecule has 0 unspecified atom stereocenters. The first-order chi connectivity index (χ1) is 13.1. The Morgan fingerprint density at radius 3 is 2.70 bits per heavy atom. The Hall–Kier alpha value is -3.12. The Bertz CT molecular complexity index is 933. The second kappa shape index (κ2) is 9.00. The SMILES string of the molecule is COc1cccc(NC(=O)/C=C/c2ccc(OCc3csc(C)n3)cc2)c1. The highest BCUT2D eigenvalue weighted by Gasteiger charge is 2.01. The summed E-state index contributed by atoms with van der Waals surface area (Å²) in [6.45, 7) is 2.42. The lowest BCUT2D eigenvalue weighted by Crippen LogP contribution is -2.07. The third kappa shape index (κ3) is 5.69. The van der Waals surface area contributed by atoms with Crippen molar-refractivity contribution in [3.63, 3.8) is 0 Å². The molecule has 5 nitrogen and oxygen atoms in total. The number of rotatable bonds is 7. The van der Waals surface area contributed by atoms with Crippen LogP contribution in [-0.4, -0.2) is 18.0 Å². The van der Waals surface area contributed by atoms with Crippen molar-refractivity contribution in [1.29, 1.82) is 0 Å². The van der Waals surface area contributed by atoms with Gasteiger partial charge in [0.15, 0.2) is 0 Å². The fraction of sp³-hybridized carbons (Fsp3) is 0.143. The average Bonchev–Trinajstić information content (AvgIpc) is 3.11. The van der Waals surface area contributed by atoms with Crippen molar-refractivity contribution in [2.24, 2.45) is 0 Å². The van der Waals surface area contributed by atoms with Crippen molar-refractivity contribution in [1.82, 2.24) is 4.98 Å². The molecule has 0 radical (unpaired) electrons. The molecule has 3 rings (SSSR count). The zero-order chi connectivity index (χ0) is 19.1. The summed E-state index contributed by atoms with van der Waals surface area (Å²) in [6, 6.07) is 14.8. The number of aromatic nitrogens is 1. The maximum atomic E-state index is 12.0. The van der Waals surface area contributed by atoms with Gasteiger partial charge in [0.1, 0.15) is 18.1 Å². The van der Waals surface area contributed by atoms with Crippen LogP contribution >= 0.6 is 11.3 Å². The fourth-order valence-corrected chi connectivity index (χ4v) is 2.96. The van der Waals surface area contributed by atoms with E-state index in [1.54, 1.807) is 30.6 Å². The molecule has 0 aliphatic carbocycles. The standard InChI is InChI=1S/C21H20N2O3S/c1-15-22-18(14-27-15)13-26-19-9-6-16(7-10-19)8-11-21(24)23-17-4-3-5-20(12-17)25-2/h3-12,14H,13H2,1-2H3,(H,23,24)/b11-8+. The van der Waals surface area contributed by atoms with E-state index in [0.29, 0.717) is 18.0 Å². The van der Waals surface area contributed by atoms with Gasteiger partial charge < -0.3 is 14.8 Å². The number of carbonyl (C=O) groups excluding carboxylic acids is 1. The van der Waals surface area contributed by atoms with Crippen LogP contribution in [0, 0.1) is 6.92 Å². The molecule has 0 atom stereocenters. The lowest BCUT2D eigenvalue weighted by molar-refractivity contribution is -0.111. The normalized spacial score (nSPS) is 10.7. The summed E-state index contributed by atoms with van der Waals surface area (Å²) in [5, 5.41) is 5.82. The maximum Gasteiger partial charge on any atom is 0.248 e. The number of amides is 1. The van der Waals surface area contributed by atoms with E-state index in [9.17, 15) is 4.79 Å². The first-order valence-corrected chi connectivity index (χ1v) is 9.27. The highest BCUT2D eigenvalue weighted by molar-refractivity contribution is 7.09. The Morgan fingerprint density at radius 2 is 2.00 bits per heavy atom. The number of aryl methyl sites for hydroxylation is 1. The van der Waals surface area contributed by atoms with Crippen LogP contribution in [0.15, 0.2) is 60.0 Å². The number of thiazole rings is 1. The monoisotopic (exact) mass is 380 g/mol. The van der Waals surface area contributed by atoms with E-state index in [2.05, 4.69) is 10.3 Å². The molecule has 0 bridgehead atoms. The van der Waals surface area contributed by atoms with E-state index in [-0.39, 0.29) is 5.91 Å². The fourth-order valence-electron chi connectivity index (χ4n) is 2.36. The average molecular weight is 380 g/mol. The molecule has 0 aliphatic rings. The van der Waals surface area contributed by atoms with Crippen molar-refractivity contribution >= 4 is 29.0 Å². The van der Waals surface area contributed by atoms with Crippen LogP contribution in [-0.2, 0) is 11.4 Å². The summed E-state index contributed by atoms with van der Waals surface area (Å²) in [7, 11) is 1.59. The molecular weight excluding hydrogens is 360 g/mol. The molecule has 0 fully saturated rings. The molecule has 0 saturated heterocycles. The summed E-state index contributed by atoms with van der Waals surface area (Å²) < 4.78 is 10.9. The van der Waals surface area contributed by atoms with Crippen LogP contribution in [0.3, 0.4) is 0 Å². The number of benzene rings is 2. The van der Waals surface area contributed by atoms with Gasteiger partial charge in [-0.25, -0.2) is 4.98 Å². The Kier molecular flexibility index (Phi) is 6.22. The molecule has 6 heteroatoms. The number of nitrogens with one attached hydrogen (secondary N) is 1. The summed E-state index contributed by atoms with van der Waals surface area (Å²) in [6.07, 6.45) is 3.25. The van der Waals surface area contributed by atoms with Gasteiger partial charge in [-0.3, -0.25) is 4.79 Å². The third-order valence-corrected chi connectivity index (χ3v) is 4.52. The molecule has 27 heavy (non-hydrogen) atoms. The minimum Gasteiger partial charge on any atom is -0.497 e. The van der Waals surface area contributed by atoms with Gasteiger partial charge in [0.05, 0.1) is 17.8 Å². The largest absolute Gasteiger partial charge is 0.497 e. The smallest absolute Gasteiger partial charge is 0.248 e. The van der Waals surface area contributed by atoms with Crippen LogP contribution in [0.4, 0.5) is 5.69 Å². The summed E-state index contributed by atoms with van der Waals surface area (Å²) in [5.41, 5.74) is 2.52. The van der Waals surface area contributed by atoms with Crippen LogP contribution < -0.4 is 14.8 Å². The van der Waals surface area contributed by atoms with Crippen molar-refractivity contribution in [3.8, 4) is 11.5 Å². The predicted octanol–water partition coefficient (Wildman–Crippen LogP) is 4.69. The van der Waals surface area contributed by atoms with E-state index in [4.69, 9.17) is 9.47 Å². The highest BCUT2D eigenvalue weighted by atomic mass is 32.1. The van der Waals surface area contributed by atoms with Gasteiger partial charge in [-0.05, 0) is 42.8 Å². The Balaban J connectivity index is 1.52. The second-order valence-electron chi connectivity index (χ2n) is 5.77. The number of hydrogen-bond donors (Lipinski definition) is 1. The number of hydrogen-bond acceptors (Lipinski definition) is 5. The molecule has 3 aromatic rings. The predicted molar refractivity (Wildman–Crippen MR) is 108 cm³/mol. The lowest BCUT2D eigenvalue weighted by atomic mass is 10.2. The summed E-state index contributed by atoms with van der Waals surface area (Å²) >= 11 is 1.61. The quantitative estimate of drug-likeness (QED) is 0.604. The minimum atomic E-state index is -0.206. The highest BCUT2D eigenvalue weighted by Crippen LogP contribution is 2.18. The minimum absolute atomic E-state index is 0.206. The number of nitrogens with zero attached hydrogens (tertiary/aromatic N) is 1. The second-order valence-corrected chi connectivity index (χ2v) is 6.83. The molecule has 1 amide bonds. The van der Waals surface area contributed by atoms with Crippen molar-refractivity contribution in [2.75, 3.05) is 12.4 Å². The zero-order valence-corrected chi connectivity index (χ0v) is 16.0. The molecular formula is C21H20N2O3S. The molecule has 1 heterocycles. The van der Waals surface area contributed by atoms with Gasteiger partial charge >= 0.3 is 0 Å². The van der Waals surface area contributed by atoms with Gasteiger partial charge in [0.25, 0.3) is 0 Å². The Morgan fingerprint density at radius 1 is 1.19 bits per heavy atom. The molecule has 0 aliphatic heterocycles. The first-order valence-electron chi connectivity index (χ1n) is 8.39. The number of methoxy groups -OCH3 is 1. The van der Waals surface area contributed by atoms with Crippen LogP contribution in [0.25, 0.3) is 6.08 Å². The van der Waals surface area contributed by atoms with Crippen LogP contribution in [0.1, 0.15) is 16.3 Å².